The van der Waals surface area contributed by atoms with Crippen molar-refractivity contribution in [3.05, 3.63) is 93.5 Å². The maximum atomic E-state index is 13.3. The van der Waals surface area contributed by atoms with Gasteiger partial charge in [-0.05, 0) is 79.1 Å². The molecule has 5 nitrogen and oxygen atoms in total. The van der Waals surface area contributed by atoms with Crippen LogP contribution in [0.25, 0.3) is 0 Å². The Morgan fingerprint density at radius 1 is 0.903 bits per heavy atom. The van der Waals surface area contributed by atoms with E-state index < -0.39 is 15.9 Å². The van der Waals surface area contributed by atoms with Crippen LogP contribution in [-0.4, -0.2) is 25.2 Å². The largest absolute Gasteiger partial charge is 0.325 e. The molecule has 3 aromatic carbocycles. The molecule has 0 fully saturated rings. The van der Waals surface area contributed by atoms with Crippen LogP contribution in [0.4, 0.5) is 5.69 Å². The molecule has 31 heavy (non-hydrogen) atoms. The maximum Gasteiger partial charge on any atom is 0.243 e. The predicted octanol–water partition coefficient (Wildman–Crippen LogP) is 5.44. The van der Waals surface area contributed by atoms with Crippen LogP contribution in [0.5, 0.6) is 0 Å². The topological polar surface area (TPSA) is 66.5 Å². The molecule has 1 N–H and O–H groups in total. The van der Waals surface area contributed by atoms with Crippen LogP contribution in [-0.2, 0) is 21.4 Å². The number of halogens is 2. The zero-order valence-corrected chi connectivity index (χ0v) is 19.4. The number of amides is 1. The molecule has 0 heterocycles. The van der Waals surface area contributed by atoms with Crippen molar-refractivity contribution in [1.29, 1.82) is 0 Å². The summed E-state index contributed by atoms with van der Waals surface area (Å²) in [5.41, 5.74) is 3.29. The van der Waals surface area contributed by atoms with Gasteiger partial charge < -0.3 is 5.32 Å². The summed E-state index contributed by atoms with van der Waals surface area (Å²) in [4.78, 5) is 12.8. The van der Waals surface area contributed by atoms with Crippen LogP contribution in [0.15, 0.2) is 71.6 Å². The minimum absolute atomic E-state index is 0.00815. The van der Waals surface area contributed by atoms with Crippen LogP contribution in [0.1, 0.15) is 16.7 Å². The fourth-order valence-corrected chi connectivity index (χ4v) is 4.95. The van der Waals surface area contributed by atoms with Crippen LogP contribution in [0.2, 0.25) is 10.0 Å². The second-order valence-corrected chi connectivity index (χ2v) is 10.1. The lowest BCUT2D eigenvalue weighted by molar-refractivity contribution is -0.116. The highest BCUT2D eigenvalue weighted by atomic mass is 35.5. The van der Waals surface area contributed by atoms with E-state index in [1.165, 1.54) is 24.3 Å². The fourth-order valence-electron chi connectivity index (χ4n) is 3.23. The minimum atomic E-state index is -3.96. The van der Waals surface area contributed by atoms with Gasteiger partial charge in [0.1, 0.15) is 0 Å². The van der Waals surface area contributed by atoms with Crippen LogP contribution >= 0.6 is 23.2 Å². The second kappa shape index (κ2) is 9.83. The van der Waals surface area contributed by atoms with Gasteiger partial charge in [0.25, 0.3) is 0 Å². The van der Waals surface area contributed by atoms with E-state index in [0.717, 1.165) is 15.4 Å². The molecule has 0 unspecified atom stereocenters. The van der Waals surface area contributed by atoms with Crippen molar-refractivity contribution in [2.45, 2.75) is 25.3 Å². The Balaban J connectivity index is 1.89. The third-order valence-electron chi connectivity index (χ3n) is 4.52. The van der Waals surface area contributed by atoms with E-state index in [1.54, 1.807) is 24.3 Å². The molecule has 0 saturated carbocycles. The molecule has 8 heteroatoms. The van der Waals surface area contributed by atoms with Gasteiger partial charge in [-0.1, -0.05) is 41.4 Å². The highest BCUT2D eigenvalue weighted by molar-refractivity contribution is 7.89. The minimum Gasteiger partial charge on any atom is -0.325 e. The Morgan fingerprint density at radius 2 is 1.55 bits per heavy atom. The lowest BCUT2D eigenvalue weighted by Gasteiger charge is -2.22. The first-order chi connectivity index (χ1) is 14.6. The Hall–Kier alpha value is -2.38. The summed E-state index contributed by atoms with van der Waals surface area (Å²) in [6, 6.07) is 18.4. The van der Waals surface area contributed by atoms with Gasteiger partial charge in [-0.2, -0.15) is 4.31 Å². The molecule has 0 spiro atoms. The number of aryl methyl sites for hydroxylation is 2. The highest BCUT2D eigenvalue weighted by Crippen LogP contribution is 2.22. The van der Waals surface area contributed by atoms with Gasteiger partial charge in [-0.3, -0.25) is 4.79 Å². The summed E-state index contributed by atoms with van der Waals surface area (Å²) in [6.07, 6.45) is 0. The SMILES string of the molecule is Cc1cc(C)cc(NC(=O)CN(Cc2cccc(Cl)c2)S(=O)(=O)c2ccc(Cl)cc2)c1. The number of carbonyl (C=O) groups excluding carboxylic acids is 1. The number of sulfonamides is 1. The molecule has 0 radical (unpaired) electrons. The molecule has 162 valence electrons. The van der Waals surface area contributed by atoms with E-state index in [-0.39, 0.29) is 18.0 Å². The summed E-state index contributed by atoms with van der Waals surface area (Å²) in [5, 5.41) is 3.70. The number of nitrogens with zero attached hydrogens (tertiary/aromatic N) is 1. The molecule has 0 atom stereocenters. The first-order valence-electron chi connectivity index (χ1n) is 9.52. The smallest absolute Gasteiger partial charge is 0.243 e. The molecule has 1 amide bonds. The van der Waals surface area contributed by atoms with E-state index >= 15 is 0 Å². The third kappa shape index (κ3) is 6.31. The van der Waals surface area contributed by atoms with Crippen molar-refractivity contribution >= 4 is 44.8 Å². The lowest BCUT2D eigenvalue weighted by Crippen LogP contribution is -2.37. The number of anilines is 1. The summed E-state index contributed by atoms with van der Waals surface area (Å²) in [7, 11) is -3.96. The zero-order valence-electron chi connectivity index (χ0n) is 17.1. The Labute approximate surface area is 192 Å². The van der Waals surface area contributed by atoms with Gasteiger partial charge in [0, 0.05) is 22.3 Å². The van der Waals surface area contributed by atoms with Crippen molar-refractivity contribution in [1.82, 2.24) is 4.31 Å². The molecule has 0 aliphatic heterocycles. The third-order valence-corrected chi connectivity index (χ3v) is 6.82. The zero-order chi connectivity index (χ0) is 22.6. The average Bonchev–Trinajstić information content (AvgIpc) is 2.67. The molecular formula is C23H22Cl2N2O3S. The van der Waals surface area contributed by atoms with E-state index in [1.807, 2.05) is 32.0 Å². The van der Waals surface area contributed by atoms with Crippen molar-refractivity contribution in [2.24, 2.45) is 0 Å². The average molecular weight is 477 g/mol. The normalized spacial score (nSPS) is 11.5. The first-order valence-corrected chi connectivity index (χ1v) is 11.7. The van der Waals surface area contributed by atoms with Crippen molar-refractivity contribution in [3.8, 4) is 0 Å². The van der Waals surface area contributed by atoms with E-state index in [4.69, 9.17) is 23.2 Å². The molecule has 3 aromatic rings. The van der Waals surface area contributed by atoms with E-state index in [2.05, 4.69) is 5.32 Å². The highest BCUT2D eigenvalue weighted by Gasteiger charge is 2.27. The lowest BCUT2D eigenvalue weighted by atomic mass is 10.1. The van der Waals surface area contributed by atoms with Gasteiger partial charge in [0.2, 0.25) is 15.9 Å². The second-order valence-electron chi connectivity index (χ2n) is 7.28. The number of nitrogens with one attached hydrogen (secondary N) is 1. The summed E-state index contributed by atoms with van der Waals surface area (Å²) < 4.78 is 27.7. The van der Waals surface area contributed by atoms with Crippen LogP contribution in [0.3, 0.4) is 0 Å². The van der Waals surface area contributed by atoms with Gasteiger partial charge >= 0.3 is 0 Å². The predicted molar refractivity (Wildman–Crippen MR) is 125 cm³/mol. The van der Waals surface area contributed by atoms with E-state index in [0.29, 0.717) is 21.3 Å². The molecule has 0 aromatic heterocycles. The Bertz CT molecular complexity index is 1180. The number of rotatable bonds is 7. The quantitative estimate of drug-likeness (QED) is 0.493. The van der Waals surface area contributed by atoms with Crippen LogP contribution < -0.4 is 5.32 Å². The number of benzene rings is 3. The summed E-state index contributed by atoms with van der Waals surface area (Å²) in [5.74, 6) is -0.440. The fraction of sp³-hybridized carbons (Fsp3) is 0.174. The number of carbonyl (C=O) groups is 1. The first kappa shape index (κ1) is 23.3. The van der Waals surface area contributed by atoms with Crippen LogP contribution in [0, 0.1) is 13.8 Å². The Kier molecular flexibility index (Phi) is 7.38. The molecule has 0 bridgehead atoms. The van der Waals surface area contributed by atoms with Crippen molar-refractivity contribution < 1.29 is 13.2 Å². The molecular weight excluding hydrogens is 455 g/mol. The molecule has 0 aliphatic carbocycles. The number of hydrogen-bond acceptors (Lipinski definition) is 3. The van der Waals surface area contributed by atoms with Gasteiger partial charge in [0.15, 0.2) is 0 Å². The standard InChI is InChI=1S/C23H22Cl2N2O3S/c1-16-10-17(2)12-21(11-16)26-23(28)15-27(14-18-4-3-5-20(25)13-18)31(29,30)22-8-6-19(24)7-9-22/h3-13H,14-15H2,1-2H3,(H,26,28). The maximum absolute atomic E-state index is 13.3. The van der Waals surface area contributed by atoms with Gasteiger partial charge in [-0.15, -0.1) is 0 Å². The van der Waals surface area contributed by atoms with Gasteiger partial charge in [0.05, 0.1) is 11.4 Å². The van der Waals surface area contributed by atoms with Gasteiger partial charge in [-0.25, -0.2) is 8.42 Å². The molecule has 0 saturated heterocycles. The van der Waals surface area contributed by atoms with Crippen molar-refractivity contribution in [3.63, 3.8) is 0 Å². The Morgan fingerprint density at radius 3 is 2.16 bits per heavy atom. The van der Waals surface area contributed by atoms with Crippen molar-refractivity contribution in [2.75, 3.05) is 11.9 Å². The monoisotopic (exact) mass is 476 g/mol. The molecule has 0 aliphatic rings. The molecule has 3 rings (SSSR count). The number of hydrogen-bond donors (Lipinski definition) is 1. The van der Waals surface area contributed by atoms with E-state index in [9.17, 15) is 13.2 Å². The summed E-state index contributed by atoms with van der Waals surface area (Å²) in [6.45, 7) is 3.49. The summed E-state index contributed by atoms with van der Waals surface area (Å²) >= 11 is 12.0.